The highest BCUT2D eigenvalue weighted by Gasteiger charge is 2.19. The van der Waals surface area contributed by atoms with E-state index in [1.165, 1.54) is 31.0 Å². The first kappa shape index (κ1) is 30.1. The van der Waals surface area contributed by atoms with Gasteiger partial charge in [0.05, 0.1) is 24.9 Å². The molecule has 0 radical (unpaired) electrons. The third-order valence-corrected chi connectivity index (χ3v) is 9.66. The van der Waals surface area contributed by atoms with E-state index in [0.29, 0.717) is 39.2 Å². The monoisotopic (exact) mass is 657 g/mol. The Hall–Kier alpha value is -3.41. The maximum absolute atomic E-state index is 15.1. The number of hydrogen-bond acceptors (Lipinski definition) is 7. The highest BCUT2D eigenvalue weighted by Crippen LogP contribution is 2.38. The average molecular weight is 659 g/mol. The van der Waals surface area contributed by atoms with Gasteiger partial charge in [-0.25, -0.2) is 12.8 Å². The smallest absolute Gasteiger partial charge is 0.263 e. The van der Waals surface area contributed by atoms with Crippen molar-refractivity contribution in [2.45, 2.75) is 31.1 Å². The number of nitrogens with zero attached hydrogens (tertiary/aromatic N) is 2. The van der Waals surface area contributed by atoms with Crippen LogP contribution in [-0.2, 0) is 10.0 Å². The highest BCUT2D eigenvalue weighted by atomic mass is 79.9. The van der Waals surface area contributed by atoms with Crippen LogP contribution in [0, 0.1) is 11.7 Å². The van der Waals surface area contributed by atoms with Gasteiger partial charge in [-0.2, -0.15) is 0 Å². The third kappa shape index (κ3) is 7.14. The number of aromatic nitrogens is 1. The van der Waals surface area contributed by atoms with Crippen molar-refractivity contribution in [3.63, 3.8) is 0 Å². The lowest BCUT2D eigenvalue weighted by atomic mass is 9.99. The minimum Gasteiger partial charge on any atom is -0.493 e. The molecule has 0 bridgehead atoms. The fourth-order valence-corrected chi connectivity index (χ4v) is 6.94. The molecule has 1 fully saturated rings. The molecule has 0 saturated carbocycles. The minimum absolute atomic E-state index is 0.0444. The number of methoxy groups -OCH3 is 1. The van der Waals surface area contributed by atoms with Gasteiger partial charge in [-0.05, 0) is 90.6 Å². The summed E-state index contributed by atoms with van der Waals surface area (Å²) in [6.45, 7) is 6.12. The van der Waals surface area contributed by atoms with Crippen LogP contribution in [0.25, 0.3) is 10.9 Å². The number of ether oxygens (including phenoxy) is 3. The summed E-state index contributed by atoms with van der Waals surface area (Å²) in [6, 6.07) is 15.5. The summed E-state index contributed by atoms with van der Waals surface area (Å²) >= 11 is 3.24. The van der Waals surface area contributed by atoms with Crippen molar-refractivity contribution >= 4 is 42.5 Å². The standard InChI is InChI=1S/C31H33BrFN3O5S/c1-21-11-15-36(16-12-21)14-5-17-40-30-20-26-23(19-29(30)39-2)27(10-13-34-26)41-28-9-8-22(18-25(28)33)35-42(37,38)31-7-4-3-6-24(31)32/h3-4,6-10,13,18-21,35H,5,11-12,14-17H2,1-2H3. The molecule has 0 aliphatic carbocycles. The lowest BCUT2D eigenvalue weighted by Gasteiger charge is -2.30. The first-order chi connectivity index (χ1) is 20.2. The van der Waals surface area contributed by atoms with Gasteiger partial charge in [0.2, 0.25) is 0 Å². The molecule has 1 aliphatic heterocycles. The van der Waals surface area contributed by atoms with Crippen molar-refractivity contribution in [2.24, 2.45) is 5.92 Å². The molecule has 0 spiro atoms. The Bertz CT molecular complexity index is 1660. The van der Waals surface area contributed by atoms with Crippen LogP contribution in [0.2, 0.25) is 0 Å². The minimum atomic E-state index is -3.93. The molecule has 42 heavy (non-hydrogen) atoms. The molecule has 11 heteroatoms. The molecule has 1 aliphatic rings. The van der Waals surface area contributed by atoms with E-state index in [1.54, 1.807) is 49.7 Å². The van der Waals surface area contributed by atoms with Crippen LogP contribution in [0.15, 0.2) is 76.2 Å². The number of fused-ring (bicyclic) bond motifs is 1. The normalized spacial score (nSPS) is 14.6. The molecular formula is C31H33BrFN3O5S. The number of nitrogens with one attached hydrogen (secondary N) is 1. The molecule has 2 heterocycles. The van der Waals surface area contributed by atoms with Gasteiger partial charge in [0.15, 0.2) is 23.1 Å². The molecule has 222 valence electrons. The quantitative estimate of drug-likeness (QED) is 0.170. The maximum Gasteiger partial charge on any atom is 0.263 e. The summed E-state index contributed by atoms with van der Waals surface area (Å²) in [6.07, 6.45) is 4.97. The van der Waals surface area contributed by atoms with E-state index in [9.17, 15) is 8.42 Å². The third-order valence-electron chi connectivity index (χ3n) is 7.27. The number of pyridine rings is 1. The molecule has 1 aromatic heterocycles. The van der Waals surface area contributed by atoms with Crippen LogP contribution in [0.4, 0.5) is 10.1 Å². The van der Waals surface area contributed by atoms with Crippen LogP contribution < -0.4 is 18.9 Å². The van der Waals surface area contributed by atoms with E-state index in [0.717, 1.165) is 38.0 Å². The Morgan fingerprint density at radius 2 is 1.81 bits per heavy atom. The Morgan fingerprint density at radius 1 is 1.02 bits per heavy atom. The van der Waals surface area contributed by atoms with Crippen molar-refractivity contribution in [1.29, 1.82) is 0 Å². The molecule has 1 saturated heterocycles. The first-order valence-corrected chi connectivity index (χ1v) is 16.1. The molecular weight excluding hydrogens is 625 g/mol. The molecule has 1 N–H and O–H groups in total. The summed E-state index contributed by atoms with van der Waals surface area (Å²) in [4.78, 5) is 6.97. The number of hydrogen-bond donors (Lipinski definition) is 1. The predicted molar refractivity (Wildman–Crippen MR) is 165 cm³/mol. The number of benzene rings is 3. The lowest BCUT2D eigenvalue weighted by molar-refractivity contribution is 0.176. The van der Waals surface area contributed by atoms with Gasteiger partial charge < -0.3 is 19.1 Å². The van der Waals surface area contributed by atoms with E-state index in [2.05, 4.69) is 37.5 Å². The number of rotatable bonds is 11. The van der Waals surface area contributed by atoms with Crippen LogP contribution >= 0.6 is 15.9 Å². The number of halogens is 2. The summed E-state index contributed by atoms with van der Waals surface area (Å²) < 4.78 is 61.0. The Balaban J connectivity index is 1.28. The van der Waals surface area contributed by atoms with Crippen molar-refractivity contribution in [3.8, 4) is 23.0 Å². The van der Waals surface area contributed by atoms with E-state index in [4.69, 9.17) is 14.2 Å². The number of anilines is 1. The van der Waals surface area contributed by atoms with E-state index in [-0.39, 0.29) is 16.3 Å². The second kappa shape index (κ2) is 13.3. The molecule has 4 aromatic rings. The van der Waals surface area contributed by atoms with Gasteiger partial charge >= 0.3 is 0 Å². The lowest BCUT2D eigenvalue weighted by Crippen LogP contribution is -2.34. The zero-order valence-electron chi connectivity index (χ0n) is 23.5. The van der Waals surface area contributed by atoms with Crippen LogP contribution in [-0.4, -0.2) is 51.7 Å². The molecule has 0 atom stereocenters. The van der Waals surface area contributed by atoms with Crippen LogP contribution in [0.5, 0.6) is 23.0 Å². The number of likely N-dealkylation sites (tertiary alicyclic amines) is 1. The number of piperidine rings is 1. The first-order valence-electron chi connectivity index (χ1n) is 13.8. The van der Waals surface area contributed by atoms with Gasteiger partial charge in [-0.15, -0.1) is 0 Å². The predicted octanol–water partition coefficient (Wildman–Crippen LogP) is 7.24. The van der Waals surface area contributed by atoms with Crippen molar-refractivity contribution in [2.75, 3.05) is 38.1 Å². The second-order valence-corrected chi connectivity index (χ2v) is 12.8. The van der Waals surface area contributed by atoms with Crippen molar-refractivity contribution in [3.05, 3.63) is 77.2 Å². The number of sulfonamides is 1. The summed E-state index contributed by atoms with van der Waals surface area (Å²) in [7, 11) is -2.37. The fourth-order valence-electron chi connectivity index (χ4n) is 4.88. The van der Waals surface area contributed by atoms with Crippen LogP contribution in [0.3, 0.4) is 0 Å². The van der Waals surface area contributed by atoms with Gasteiger partial charge in [0.1, 0.15) is 10.6 Å². The van der Waals surface area contributed by atoms with Crippen LogP contribution in [0.1, 0.15) is 26.2 Å². The summed E-state index contributed by atoms with van der Waals surface area (Å²) in [5.41, 5.74) is 0.667. The van der Waals surface area contributed by atoms with Gasteiger partial charge in [0.25, 0.3) is 10.0 Å². The van der Waals surface area contributed by atoms with E-state index < -0.39 is 15.8 Å². The molecule has 0 amide bonds. The van der Waals surface area contributed by atoms with Crippen molar-refractivity contribution in [1.82, 2.24) is 9.88 Å². The summed E-state index contributed by atoms with van der Waals surface area (Å²) in [5.74, 6) is 1.46. The zero-order chi connectivity index (χ0) is 29.7. The molecule has 5 rings (SSSR count). The molecule has 8 nitrogen and oxygen atoms in total. The zero-order valence-corrected chi connectivity index (χ0v) is 25.9. The SMILES string of the molecule is COc1cc2c(Oc3ccc(NS(=O)(=O)c4ccccc4Br)cc3F)ccnc2cc1OCCCN1CCC(C)CC1. The van der Waals surface area contributed by atoms with E-state index in [1.807, 2.05) is 0 Å². The molecule has 3 aromatic carbocycles. The van der Waals surface area contributed by atoms with E-state index >= 15 is 4.39 Å². The average Bonchev–Trinajstić information content (AvgIpc) is 2.97. The van der Waals surface area contributed by atoms with Gasteiger partial charge in [0, 0.05) is 34.7 Å². The fraction of sp³-hybridized carbons (Fsp3) is 0.323. The van der Waals surface area contributed by atoms with Gasteiger partial charge in [-0.3, -0.25) is 9.71 Å². The Labute approximate surface area is 254 Å². The second-order valence-electron chi connectivity index (χ2n) is 10.3. The van der Waals surface area contributed by atoms with Gasteiger partial charge in [-0.1, -0.05) is 19.1 Å². The Kier molecular flexibility index (Phi) is 9.50. The largest absolute Gasteiger partial charge is 0.493 e. The highest BCUT2D eigenvalue weighted by molar-refractivity contribution is 9.10. The topological polar surface area (TPSA) is 90.0 Å². The Morgan fingerprint density at radius 3 is 2.55 bits per heavy atom. The summed E-state index contributed by atoms with van der Waals surface area (Å²) in [5, 5.41) is 0.613. The maximum atomic E-state index is 15.1. The molecule has 0 unspecified atom stereocenters. The van der Waals surface area contributed by atoms with Crippen molar-refractivity contribution < 1.29 is 27.0 Å².